The molecule has 0 radical (unpaired) electrons. The van der Waals surface area contributed by atoms with Crippen molar-refractivity contribution < 1.29 is 4.79 Å². The molecule has 7 nitrogen and oxygen atoms in total. The van der Waals surface area contributed by atoms with Gasteiger partial charge in [0.1, 0.15) is 5.01 Å². The number of tetrazole rings is 1. The standard InChI is InChI=1S/C14H16N6OS/c1-4-11(14-15-8(2)9(3)22-14)16-13(21)10-5-6-12-17-18-19-20(12)7-10/h5-7,11H,4H2,1-3H3,(H,16,21). The van der Waals surface area contributed by atoms with Crippen molar-refractivity contribution in [2.75, 3.05) is 0 Å². The lowest BCUT2D eigenvalue weighted by molar-refractivity contribution is 0.0935. The van der Waals surface area contributed by atoms with Crippen molar-refractivity contribution in [1.82, 2.24) is 30.3 Å². The van der Waals surface area contributed by atoms with Crippen LogP contribution in [0.15, 0.2) is 18.3 Å². The van der Waals surface area contributed by atoms with Crippen molar-refractivity contribution in [2.45, 2.75) is 33.2 Å². The van der Waals surface area contributed by atoms with Gasteiger partial charge < -0.3 is 5.32 Å². The number of thiazole rings is 1. The van der Waals surface area contributed by atoms with Crippen LogP contribution >= 0.6 is 11.3 Å². The molecule has 0 aromatic carbocycles. The Kier molecular flexibility index (Phi) is 3.84. The van der Waals surface area contributed by atoms with Crippen LogP contribution in [0.2, 0.25) is 0 Å². The number of aromatic nitrogens is 5. The Morgan fingerprint density at radius 3 is 2.91 bits per heavy atom. The minimum Gasteiger partial charge on any atom is -0.343 e. The molecule has 1 unspecified atom stereocenters. The maximum absolute atomic E-state index is 12.4. The third-order valence-corrected chi connectivity index (χ3v) is 4.70. The van der Waals surface area contributed by atoms with E-state index >= 15 is 0 Å². The van der Waals surface area contributed by atoms with E-state index in [1.54, 1.807) is 29.7 Å². The summed E-state index contributed by atoms with van der Waals surface area (Å²) in [6, 6.07) is 3.34. The van der Waals surface area contributed by atoms with Crippen LogP contribution in [-0.4, -0.2) is 30.9 Å². The van der Waals surface area contributed by atoms with E-state index < -0.39 is 0 Å². The summed E-state index contributed by atoms with van der Waals surface area (Å²) in [5.41, 5.74) is 2.14. The number of fused-ring (bicyclic) bond motifs is 1. The maximum Gasteiger partial charge on any atom is 0.253 e. The normalized spacial score (nSPS) is 12.5. The summed E-state index contributed by atoms with van der Waals surface area (Å²) in [6.45, 7) is 6.05. The fourth-order valence-corrected chi connectivity index (χ4v) is 3.16. The van der Waals surface area contributed by atoms with Crippen LogP contribution in [0.1, 0.15) is 45.3 Å². The SMILES string of the molecule is CCC(NC(=O)c1ccc2nnnn2c1)c1nc(C)c(C)s1. The molecular formula is C14H16N6OS. The number of carbonyl (C=O) groups is 1. The zero-order valence-corrected chi connectivity index (χ0v) is 13.4. The number of pyridine rings is 1. The number of nitrogens with one attached hydrogen (secondary N) is 1. The highest BCUT2D eigenvalue weighted by molar-refractivity contribution is 7.11. The highest BCUT2D eigenvalue weighted by Crippen LogP contribution is 2.25. The first-order chi connectivity index (χ1) is 10.6. The zero-order chi connectivity index (χ0) is 15.7. The summed E-state index contributed by atoms with van der Waals surface area (Å²) in [7, 11) is 0. The number of amides is 1. The molecule has 0 saturated heterocycles. The second kappa shape index (κ2) is 5.80. The molecule has 0 fully saturated rings. The van der Waals surface area contributed by atoms with Crippen molar-refractivity contribution >= 4 is 22.9 Å². The van der Waals surface area contributed by atoms with E-state index in [1.165, 1.54) is 9.39 Å². The lowest BCUT2D eigenvalue weighted by Crippen LogP contribution is -2.28. The van der Waals surface area contributed by atoms with Gasteiger partial charge in [0.05, 0.1) is 17.3 Å². The molecule has 114 valence electrons. The van der Waals surface area contributed by atoms with Crippen LogP contribution in [0.4, 0.5) is 0 Å². The fourth-order valence-electron chi connectivity index (χ4n) is 2.10. The fraction of sp³-hybridized carbons (Fsp3) is 0.357. The summed E-state index contributed by atoms with van der Waals surface area (Å²) in [4.78, 5) is 18.1. The van der Waals surface area contributed by atoms with Gasteiger partial charge >= 0.3 is 0 Å². The average molecular weight is 316 g/mol. The van der Waals surface area contributed by atoms with Gasteiger partial charge in [0, 0.05) is 11.1 Å². The zero-order valence-electron chi connectivity index (χ0n) is 12.6. The first-order valence-corrected chi connectivity index (χ1v) is 7.82. The molecular weight excluding hydrogens is 300 g/mol. The van der Waals surface area contributed by atoms with Crippen molar-refractivity contribution in [2.24, 2.45) is 0 Å². The first kappa shape index (κ1) is 14.6. The van der Waals surface area contributed by atoms with Crippen LogP contribution in [0, 0.1) is 13.8 Å². The van der Waals surface area contributed by atoms with Gasteiger partial charge in [0.2, 0.25) is 0 Å². The summed E-state index contributed by atoms with van der Waals surface area (Å²) in [5.74, 6) is -0.158. The van der Waals surface area contributed by atoms with Gasteiger partial charge in [-0.3, -0.25) is 4.79 Å². The largest absolute Gasteiger partial charge is 0.343 e. The van der Waals surface area contributed by atoms with E-state index in [0.717, 1.165) is 17.1 Å². The first-order valence-electron chi connectivity index (χ1n) is 7.01. The molecule has 3 heterocycles. The van der Waals surface area contributed by atoms with Gasteiger partial charge in [-0.15, -0.1) is 16.4 Å². The highest BCUT2D eigenvalue weighted by atomic mass is 32.1. The van der Waals surface area contributed by atoms with Crippen molar-refractivity contribution in [1.29, 1.82) is 0 Å². The van der Waals surface area contributed by atoms with Crippen LogP contribution in [0.5, 0.6) is 0 Å². The van der Waals surface area contributed by atoms with Gasteiger partial charge in [-0.2, -0.15) is 4.52 Å². The van der Waals surface area contributed by atoms with Crippen LogP contribution in [0.3, 0.4) is 0 Å². The summed E-state index contributed by atoms with van der Waals surface area (Å²) < 4.78 is 1.48. The molecule has 22 heavy (non-hydrogen) atoms. The number of aryl methyl sites for hydroxylation is 2. The molecule has 0 saturated carbocycles. The number of carbonyl (C=O) groups excluding carboxylic acids is 1. The van der Waals surface area contributed by atoms with E-state index in [-0.39, 0.29) is 11.9 Å². The van der Waals surface area contributed by atoms with Gasteiger partial charge in [0.25, 0.3) is 5.91 Å². The molecule has 0 aliphatic rings. The van der Waals surface area contributed by atoms with Crippen molar-refractivity contribution in [3.05, 3.63) is 39.5 Å². The summed E-state index contributed by atoms with van der Waals surface area (Å²) in [6.07, 6.45) is 2.40. The topological polar surface area (TPSA) is 85.1 Å². The van der Waals surface area contributed by atoms with Crippen molar-refractivity contribution in [3.8, 4) is 0 Å². The number of hydrogen-bond donors (Lipinski definition) is 1. The van der Waals surface area contributed by atoms with E-state index in [1.807, 2.05) is 20.8 Å². The molecule has 0 aliphatic heterocycles. The molecule has 0 aliphatic carbocycles. The van der Waals surface area contributed by atoms with Crippen LogP contribution in [-0.2, 0) is 0 Å². The van der Waals surface area contributed by atoms with Gasteiger partial charge in [-0.1, -0.05) is 6.92 Å². The smallest absolute Gasteiger partial charge is 0.253 e. The number of hydrogen-bond acceptors (Lipinski definition) is 6. The quantitative estimate of drug-likeness (QED) is 0.796. The maximum atomic E-state index is 12.4. The molecule has 1 amide bonds. The predicted molar refractivity (Wildman–Crippen MR) is 82.9 cm³/mol. The van der Waals surface area contributed by atoms with E-state index in [9.17, 15) is 4.79 Å². The Morgan fingerprint density at radius 2 is 2.23 bits per heavy atom. The third kappa shape index (κ3) is 2.69. The molecule has 1 N–H and O–H groups in total. The average Bonchev–Trinajstić information content (AvgIpc) is 3.10. The monoisotopic (exact) mass is 316 g/mol. The Labute approximate surface area is 131 Å². The lowest BCUT2D eigenvalue weighted by Gasteiger charge is -2.14. The minimum atomic E-state index is -0.158. The van der Waals surface area contributed by atoms with Gasteiger partial charge in [-0.05, 0) is 42.8 Å². The highest BCUT2D eigenvalue weighted by Gasteiger charge is 2.18. The second-order valence-corrected chi connectivity index (χ2v) is 6.26. The van der Waals surface area contributed by atoms with Crippen LogP contribution in [0.25, 0.3) is 5.65 Å². The third-order valence-electron chi connectivity index (χ3n) is 3.51. The Morgan fingerprint density at radius 1 is 1.41 bits per heavy atom. The van der Waals surface area contributed by atoms with Crippen LogP contribution < -0.4 is 5.32 Å². The van der Waals surface area contributed by atoms with Crippen molar-refractivity contribution in [3.63, 3.8) is 0 Å². The summed E-state index contributed by atoms with van der Waals surface area (Å²) in [5, 5.41) is 15.1. The van der Waals surface area contributed by atoms with E-state index in [0.29, 0.717) is 11.2 Å². The Bertz CT molecular complexity index is 804. The van der Waals surface area contributed by atoms with E-state index in [2.05, 4.69) is 25.8 Å². The van der Waals surface area contributed by atoms with Gasteiger partial charge in [-0.25, -0.2) is 4.98 Å². The molecule has 0 bridgehead atoms. The minimum absolute atomic E-state index is 0.0885. The Hall–Kier alpha value is -2.35. The molecule has 0 spiro atoms. The second-order valence-electron chi connectivity index (χ2n) is 5.03. The van der Waals surface area contributed by atoms with E-state index in [4.69, 9.17) is 0 Å². The Balaban J connectivity index is 1.81. The molecule has 8 heteroatoms. The predicted octanol–water partition coefficient (Wildman–Crippen LogP) is 2.08. The number of nitrogens with zero attached hydrogens (tertiary/aromatic N) is 5. The molecule has 1 atom stereocenters. The lowest BCUT2D eigenvalue weighted by atomic mass is 10.2. The van der Waals surface area contributed by atoms with Gasteiger partial charge in [0.15, 0.2) is 5.65 Å². The molecule has 3 aromatic heterocycles. The number of rotatable bonds is 4. The molecule has 3 aromatic rings. The summed E-state index contributed by atoms with van der Waals surface area (Å²) >= 11 is 1.62. The molecule has 3 rings (SSSR count).